The van der Waals surface area contributed by atoms with Crippen LogP contribution < -0.4 is 5.32 Å². The van der Waals surface area contributed by atoms with Crippen LogP contribution in [0, 0.1) is 18.3 Å². The molecule has 3 rings (SSSR count). The van der Waals surface area contributed by atoms with Crippen LogP contribution in [0.15, 0.2) is 18.2 Å². The van der Waals surface area contributed by atoms with E-state index in [1.54, 1.807) is 23.1 Å². The molecule has 1 aromatic rings. The highest BCUT2D eigenvalue weighted by Crippen LogP contribution is 2.26. The number of aryl methyl sites for hydroxylation is 1. The van der Waals surface area contributed by atoms with Crippen LogP contribution in [0.4, 0.5) is 5.69 Å². The predicted octanol–water partition coefficient (Wildman–Crippen LogP) is 1.89. The number of nitrogens with one attached hydrogen (secondary N) is 1. The highest BCUT2D eigenvalue weighted by molar-refractivity contribution is 6.39. The Hall–Kier alpha value is -2.39. The smallest absolute Gasteiger partial charge is 0.313 e. The van der Waals surface area contributed by atoms with E-state index in [0.29, 0.717) is 23.8 Å². The molecule has 25 heavy (non-hydrogen) atoms. The van der Waals surface area contributed by atoms with Gasteiger partial charge in [0.2, 0.25) is 0 Å². The molecule has 2 amide bonds. The van der Waals surface area contributed by atoms with Gasteiger partial charge in [-0.25, -0.2) is 0 Å². The van der Waals surface area contributed by atoms with Crippen LogP contribution in [-0.2, 0) is 9.59 Å². The molecule has 1 N–H and O–H groups in total. The SMILES string of the molecule is CC[C@@H]1CN2CCC[C@H]2CN1C(=O)C(=O)Nc1cc(C#N)ccc1C. The molecule has 2 aliphatic rings. The zero-order valence-corrected chi connectivity index (χ0v) is 14.8. The first kappa shape index (κ1) is 17.4. The minimum atomic E-state index is -0.622. The average Bonchev–Trinajstić information content (AvgIpc) is 3.09. The molecule has 132 valence electrons. The minimum absolute atomic E-state index is 0.0825. The Kier molecular flexibility index (Phi) is 5.05. The second kappa shape index (κ2) is 7.24. The maximum absolute atomic E-state index is 12.8. The Labute approximate surface area is 148 Å². The van der Waals surface area contributed by atoms with E-state index >= 15 is 0 Å². The van der Waals surface area contributed by atoms with Crippen LogP contribution in [0.25, 0.3) is 0 Å². The third-order valence-corrected chi connectivity index (χ3v) is 5.33. The van der Waals surface area contributed by atoms with Gasteiger partial charge in [-0.15, -0.1) is 0 Å². The molecular weight excluding hydrogens is 316 g/mol. The van der Waals surface area contributed by atoms with Crippen molar-refractivity contribution in [2.45, 2.75) is 45.2 Å². The zero-order valence-electron chi connectivity index (χ0n) is 14.8. The molecule has 0 aromatic heterocycles. The van der Waals surface area contributed by atoms with Crippen molar-refractivity contribution in [3.05, 3.63) is 29.3 Å². The van der Waals surface area contributed by atoms with Crippen LogP contribution in [-0.4, -0.2) is 53.3 Å². The molecule has 6 nitrogen and oxygen atoms in total. The minimum Gasteiger partial charge on any atom is -0.329 e. The lowest BCUT2D eigenvalue weighted by Crippen LogP contribution is -2.59. The summed E-state index contributed by atoms with van der Waals surface area (Å²) in [7, 11) is 0. The Morgan fingerprint density at radius 3 is 2.88 bits per heavy atom. The number of hydrogen-bond acceptors (Lipinski definition) is 4. The summed E-state index contributed by atoms with van der Waals surface area (Å²) in [6.07, 6.45) is 3.09. The Morgan fingerprint density at radius 1 is 1.36 bits per heavy atom. The summed E-state index contributed by atoms with van der Waals surface area (Å²) in [5, 5.41) is 11.7. The van der Waals surface area contributed by atoms with Gasteiger partial charge in [-0.3, -0.25) is 14.5 Å². The van der Waals surface area contributed by atoms with Crippen molar-refractivity contribution in [2.24, 2.45) is 0 Å². The van der Waals surface area contributed by atoms with Crippen molar-refractivity contribution in [3.8, 4) is 6.07 Å². The second-order valence-corrected chi connectivity index (χ2v) is 6.91. The quantitative estimate of drug-likeness (QED) is 0.834. The largest absolute Gasteiger partial charge is 0.329 e. The van der Waals surface area contributed by atoms with E-state index in [1.165, 1.54) is 0 Å². The second-order valence-electron chi connectivity index (χ2n) is 6.91. The van der Waals surface area contributed by atoms with Crippen LogP contribution in [0.5, 0.6) is 0 Å². The van der Waals surface area contributed by atoms with Gasteiger partial charge in [-0.2, -0.15) is 5.26 Å². The van der Waals surface area contributed by atoms with Gasteiger partial charge < -0.3 is 10.2 Å². The summed E-state index contributed by atoms with van der Waals surface area (Å²) < 4.78 is 0. The fraction of sp³-hybridized carbons (Fsp3) is 0.526. The average molecular weight is 340 g/mol. The standard InChI is InChI=1S/C19H24N4O2/c1-3-15-11-22-8-4-5-16(22)12-23(15)19(25)18(24)21-17-9-14(10-20)7-6-13(17)2/h6-7,9,15-16H,3-5,8,11-12H2,1-2H3,(H,21,24)/t15-,16+/m1/s1. The Bertz CT molecular complexity index is 725. The van der Waals surface area contributed by atoms with E-state index in [0.717, 1.165) is 37.9 Å². The monoisotopic (exact) mass is 340 g/mol. The van der Waals surface area contributed by atoms with Crippen LogP contribution >= 0.6 is 0 Å². The van der Waals surface area contributed by atoms with Crippen molar-refractivity contribution < 1.29 is 9.59 Å². The lowest BCUT2D eigenvalue weighted by atomic mass is 10.0. The number of anilines is 1. The number of fused-ring (bicyclic) bond motifs is 1. The number of carbonyl (C=O) groups is 2. The highest BCUT2D eigenvalue weighted by atomic mass is 16.2. The molecule has 0 unspecified atom stereocenters. The summed E-state index contributed by atoms with van der Waals surface area (Å²) >= 11 is 0. The third kappa shape index (κ3) is 3.52. The summed E-state index contributed by atoms with van der Waals surface area (Å²) in [4.78, 5) is 29.5. The van der Waals surface area contributed by atoms with Crippen molar-refractivity contribution in [1.82, 2.24) is 9.80 Å². The lowest BCUT2D eigenvalue weighted by molar-refractivity contribution is -0.147. The van der Waals surface area contributed by atoms with Crippen LogP contribution in [0.1, 0.15) is 37.3 Å². The van der Waals surface area contributed by atoms with Gasteiger partial charge >= 0.3 is 11.8 Å². The van der Waals surface area contributed by atoms with Gasteiger partial charge in [0.05, 0.1) is 11.6 Å². The molecule has 2 heterocycles. The maximum Gasteiger partial charge on any atom is 0.313 e. The molecule has 0 spiro atoms. The first-order valence-corrected chi connectivity index (χ1v) is 8.90. The topological polar surface area (TPSA) is 76.4 Å². The number of hydrogen-bond donors (Lipinski definition) is 1. The van der Waals surface area contributed by atoms with Gasteiger partial charge in [-0.05, 0) is 50.4 Å². The van der Waals surface area contributed by atoms with E-state index < -0.39 is 11.8 Å². The molecule has 0 bridgehead atoms. The number of carbonyl (C=O) groups excluding carboxylic acids is 2. The van der Waals surface area contributed by atoms with Gasteiger partial charge in [-0.1, -0.05) is 13.0 Å². The van der Waals surface area contributed by atoms with Gasteiger partial charge in [0.25, 0.3) is 0 Å². The Morgan fingerprint density at radius 2 is 2.16 bits per heavy atom. The molecule has 1 aromatic carbocycles. The summed E-state index contributed by atoms with van der Waals surface area (Å²) in [5.74, 6) is -1.09. The molecule has 2 fully saturated rings. The van der Waals surface area contributed by atoms with Gasteiger partial charge in [0, 0.05) is 30.9 Å². The first-order chi connectivity index (χ1) is 12.0. The molecule has 6 heteroatoms. The van der Waals surface area contributed by atoms with Crippen LogP contribution in [0.2, 0.25) is 0 Å². The molecule has 2 aliphatic heterocycles. The molecule has 2 atom stereocenters. The van der Waals surface area contributed by atoms with E-state index in [1.807, 2.05) is 13.0 Å². The molecule has 0 aliphatic carbocycles. The van der Waals surface area contributed by atoms with Crippen molar-refractivity contribution in [1.29, 1.82) is 5.26 Å². The molecule has 2 saturated heterocycles. The summed E-state index contributed by atoms with van der Waals surface area (Å²) in [6, 6.07) is 7.58. The molecule has 0 saturated carbocycles. The number of rotatable bonds is 2. The number of piperazine rings is 1. The van der Waals surface area contributed by atoms with Crippen LogP contribution in [0.3, 0.4) is 0 Å². The summed E-state index contributed by atoms with van der Waals surface area (Å²) in [6.45, 7) is 6.47. The van der Waals surface area contributed by atoms with Gasteiger partial charge in [0.1, 0.15) is 0 Å². The van der Waals surface area contributed by atoms with E-state index in [2.05, 4.69) is 17.1 Å². The van der Waals surface area contributed by atoms with E-state index in [9.17, 15) is 9.59 Å². The normalized spacial score (nSPS) is 23.0. The molecular formula is C19H24N4O2. The van der Waals surface area contributed by atoms with Crippen molar-refractivity contribution >= 4 is 17.5 Å². The van der Waals surface area contributed by atoms with Crippen molar-refractivity contribution in [3.63, 3.8) is 0 Å². The fourth-order valence-corrected chi connectivity index (χ4v) is 3.82. The number of amides is 2. The third-order valence-electron chi connectivity index (χ3n) is 5.33. The number of benzene rings is 1. The zero-order chi connectivity index (χ0) is 18.0. The number of nitrogens with zero attached hydrogens (tertiary/aromatic N) is 3. The molecule has 0 radical (unpaired) electrons. The fourth-order valence-electron chi connectivity index (χ4n) is 3.82. The highest BCUT2D eigenvalue weighted by Gasteiger charge is 2.39. The summed E-state index contributed by atoms with van der Waals surface area (Å²) in [5.41, 5.74) is 1.80. The maximum atomic E-state index is 12.8. The van der Waals surface area contributed by atoms with E-state index in [4.69, 9.17) is 5.26 Å². The van der Waals surface area contributed by atoms with Crippen molar-refractivity contribution in [2.75, 3.05) is 25.0 Å². The lowest BCUT2D eigenvalue weighted by Gasteiger charge is -2.43. The van der Waals surface area contributed by atoms with Gasteiger partial charge in [0.15, 0.2) is 0 Å². The number of nitriles is 1. The first-order valence-electron chi connectivity index (χ1n) is 8.90. The Balaban J connectivity index is 1.73. The van der Waals surface area contributed by atoms with E-state index in [-0.39, 0.29) is 6.04 Å². The predicted molar refractivity (Wildman–Crippen MR) is 94.9 cm³/mol.